The summed E-state index contributed by atoms with van der Waals surface area (Å²) in [6, 6.07) is 7.69. The minimum Gasteiger partial charge on any atom is -0.497 e. The van der Waals surface area contributed by atoms with Gasteiger partial charge in [-0.15, -0.1) is 0 Å². The lowest BCUT2D eigenvalue weighted by Gasteiger charge is -2.03. The van der Waals surface area contributed by atoms with Gasteiger partial charge in [0.05, 0.1) is 39.7 Å². The Morgan fingerprint density at radius 3 is 2.07 bits per heavy atom. The van der Waals surface area contributed by atoms with Gasteiger partial charge in [0.2, 0.25) is 10.5 Å². The van der Waals surface area contributed by atoms with E-state index in [2.05, 4.69) is 14.7 Å². The lowest BCUT2D eigenvalue weighted by atomic mass is 10.2. The van der Waals surface area contributed by atoms with Crippen molar-refractivity contribution in [3.05, 3.63) is 71.5 Å². The number of rotatable bonds is 6. The van der Waals surface area contributed by atoms with Gasteiger partial charge in [-0.2, -0.15) is 4.68 Å². The van der Waals surface area contributed by atoms with Crippen molar-refractivity contribution in [1.29, 1.82) is 0 Å². The molecule has 14 nitrogen and oxygen atoms in total. The van der Waals surface area contributed by atoms with Crippen LogP contribution in [0.25, 0.3) is 5.69 Å². The van der Waals surface area contributed by atoms with Crippen molar-refractivity contribution < 1.29 is 19.5 Å². The second kappa shape index (κ2) is 7.77. The molecule has 15 heteroatoms. The Kier molecular flexibility index (Phi) is 5.22. The summed E-state index contributed by atoms with van der Waals surface area (Å²) in [5, 5.41) is 37.6. The van der Waals surface area contributed by atoms with E-state index in [1.807, 2.05) is 0 Å². The van der Waals surface area contributed by atoms with Crippen LogP contribution in [-0.2, 0) is 0 Å². The zero-order valence-corrected chi connectivity index (χ0v) is 15.2. The first-order valence-electron chi connectivity index (χ1n) is 7.54. The largest absolute Gasteiger partial charge is 0.497 e. The van der Waals surface area contributed by atoms with E-state index in [1.54, 1.807) is 24.3 Å². The number of hydrogen-bond donors (Lipinski definition) is 0. The zero-order valence-electron chi connectivity index (χ0n) is 14.4. The molecule has 3 aromatic rings. The lowest BCUT2D eigenvalue weighted by Crippen LogP contribution is -2.14. The second-order valence-corrected chi connectivity index (χ2v) is 5.98. The summed E-state index contributed by atoms with van der Waals surface area (Å²) in [6.45, 7) is 0. The Hall–Kier alpha value is -4.27. The van der Waals surface area contributed by atoms with Crippen molar-refractivity contribution in [2.45, 2.75) is 0 Å². The fraction of sp³-hybridized carbons (Fsp3) is 0.0714. The first-order valence-corrected chi connectivity index (χ1v) is 8.31. The first kappa shape index (κ1) is 19.5. The quantitative estimate of drug-likeness (QED) is 0.427. The van der Waals surface area contributed by atoms with Crippen LogP contribution in [-0.4, -0.2) is 36.3 Å². The van der Waals surface area contributed by atoms with E-state index >= 15 is 0 Å². The highest BCUT2D eigenvalue weighted by Gasteiger charge is 2.30. The summed E-state index contributed by atoms with van der Waals surface area (Å²) in [4.78, 5) is 34.8. The highest BCUT2D eigenvalue weighted by molar-refractivity contribution is 7.02. The van der Waals surface area contributed by atoms with Gasteiger partial charge in [0.25, 0.3) is 5.69 Å². The van der Waals surface area contributed by atoms with Crippen LogP contribution in [0.1, 0.15) is 0 Å². The number of ether oxygens (including phenoxy) is 1. The summed E-state index contributed by atoms with van der Waals surface area (Å²) in [5.41, 5.74) is -2.77. The standard InChI is InChI=1S/C14H9N7O7S/c1-28-10-4-2-8(3-5-10)18-14(29-17-16-18)15-13-11(20(24)25)6-9(19(22)23)7-12(13)21(26)27/h2-7H,1H3. The van der Waals surface area contributed by atoms with Crippen LogP contribution in [0, 0.1) is 30.3 Å². The molecule has 0 saturated carbocycles. The van der Waals surface area contributed by atoms with E-state index in [1.165, 1.54) is 11.8 Å². The van der Waals surface area contributed by atoms with Crippen molar-refractivity contribution in [3.63, 3.8) is 0 Å². The molecule has 1 aromatic heterocycles. The molecule has 0 amide bonds. The molecule has 0 atom stereocenters. The third-order valence-corrected chi connectivity index (χ3v) is 4.19. The predicted octanol–water partition coefficient (Wildman–Crippen LogP) is 2.29. The maximum atomic E-state index is 11.4. The molecule has 3 rings (SSSR count). The number of nitro benzene ring substituents is 3. The Morgan fingerprint density at radius 2 is 1.59 bits per heavy atom. The van der Waals surface area contributed by atoms with Crippen molar-refractivity contribution in [3.8, 4) is 11.4 Å². The zero-order chi connectivity index (χ0) is 21.1. The van der Waals surface area contributed by atoms with Crippen LogP contribution in [0.15, 0.2) is 41.4 Å². The molecule has 0 bridgehead atoms. The van der Waals surface area contributed by atoms with Gasteiger partial charge in [-0.1, -0.05) is 4.49 Å². The van der Waals surface area contributed by atoms with Gasteiger partial charge in [0.1, 0.15) is 5.75 Å². The predicted molar refractivity (Wildman–Crippen MR) is 97.4 cm³/mol. The number of non-ortho nitro benzene ring substituents is 1. The molecule has 0 unspecified atom stereocenters. The lowest BCUT2D eigenvalue weighted by molar-refractivity contribution is -0.402. The van der Waals surface area contributed by atoms with Gasteiger partial charge in [-0.05, 0) is 29.5 Å². The fourth-order valence-corrected chi connectivity index (χ4v) is 2.84. The molecule has 0 N–H and O–H groups in total. The fourth-order valence-electron chi connectivity index (χ4n) is 2.31. The summed E-state index contributed by atoms with van der Waals surface area (Å²) >= 11 is 0.725. The molecule has 0 aliphatic heterocycles. The van der Waals surface area contributed by atoms with E-state index in [4.69, 9.17) is 4.74 Å². The first-order chi connectivity index (χ1) is 13.8. The van der Waals surface area contributed by atoms with E-state index in [0.717, 1.165) is 11.5 Å². The second-order valence-electron chi connectivity index (χ2n) is 5.27. The molecular weight excluding hydrogens is 410 g/mol. The molecule has 0 aliphatic carbocycles. The normalized spacial score (nSPS) is 11.3. The number of methoxy groups -OCH3 is 1. The molecule has 0 aliphatic rings. The maximum absolute atomic E-state index is 11.4. The highest BCUT2D eigenvalue weighted by Crippen LogP contribution is 2.40. The summed E-state index contributed by atoms with van der Waals surface area (Å²) in [7, 11) is 1.49. The van der Waals surface area contributed by atoms with Gasteiger partial charge in [0, 0.05) is 11.5 Å². The third-order valence-electron chi connectivity index (χ3n) is 3.61. The van der Waals surface area contributed by atoms with Crippen molar-refractivity contribution in [1.82, 2.24) is 14.4 Å². The Bertz CT molecular complexity index is 1150. The van der Waals surface area contributed by atoms with E-state index in [-0.39, 0.29) is 4.80 Å². The molecule has 29 heavy (non-hydrogen) atoms. The van der Waals surface area contributed by atoms with Crippen LogP contribution in [0.4, 0.5) is 22.7 Å². The van der Waals surface area contributed by atoms with Gasteiger partial charge in [-0.25, -0.2) is 4.99 Å². The van der Waals surface area contributed by atoms with Crippen LogP contribution in [0.3, 0.4) is 0 Å². The van der Waals surface area contributed by atoms with Crippen LogP contribution >= 0.6 is 11.5 Å². The monoisotopic (exact) mass is 419 g/mol. The smallest absolute Gasteiger partial charge is 0.308 e. The maximum Gasteiger partial charge on any atom is 0.308 e. The Labute approximate surface area is 163 Å². The summed E-state index contributed by atoms with van der Waals surface area (Å²) < 4.78 is 9.98. The van der Waals surface area contributed by atoms with Crippen molar-refractivity contribution >= 4 is 34.3 Å². The number of nitrogens with zero attached hydrogens (tertiary/aromatic N) is 7. The topological polar surface area (TPSA) is 182 Å². The summed E-state index contributed by atoms with van der Waals surface area (Å²) in [6.07, 6.45) is 0. The number of benzene rings is 2. The average molecular weight is 419 g/mol. The molecule has 0 radical (unpaired) electrons. The van der Waals surface area contributed by atoms with E-state index in [0.29, 0.717) is 23.6 Å². The van der Waals surface area contributed by atoms with Gasteiger partial charge < -0.3 is 4.74 Å². The van der Waals surface area contributed by atoms with Crippen molar-refractivity contribution in [2.24, 2.45) is 4.99 Å². The highest BCUT2D eigenvalue weighted by atomic mass is 32.1. The Balaban J connectivity index is 2.26. The molecule has 0 saturated heterocycles. The number of nitro groups is 3. The van der Waals surface area contributed by atoms with Crippen LogP contribution < -0.4 is 9.54 Å². The van der Waals surface area contributed by atoms with Crippen LogP contribution in [0.5, 0.6) is 5.75 Å². The van der Waals surface area contributed by atoms with E-state index in [9.17, 15) is 30.3 Å². The molecule has 2 aromatic carbocycles. The minimum atomic E-state index is -0.981. The number of hydrogen-bond acceptors (Lipinski definition) is 11. The van der Waals surface area contributed by atoms with E-state index < -0.39 is 37.5 Å². The number of aromatic nitrogens is 3. The van der Waals surface area contributed by atoms with Gasteiger partial charge in [0.15, 0.2) is 0 Å². The van der Waals surface area contributed by atoms with Gasteiger partial charge in [-0.3, -0.25) is 30.3 Å². The summed E-state index contributed by atoms with van der Waals surface area (Å²) in [5.74, 6) is 0.567. The molecule has 0 fully saturated rings. The average Bonchev–Trinajstić information content (AvgIpc) is 3.15. The Morgan fingerprint density at radius 1 is 1.00 bits per heavy atom. The minimum absolute atomic E-state index is 0.0183. The SMILES string of the molecule is COc1ccc(-n2nnsc2=Nc2c([N+](=O)[O-])cc([N+](=O)[O-])cc2[N+](=O)[O-])cc1. The molecule has 0 spiro atoms. The third kappa shape index (κ3) is 3.88. The molecule has 148 valence electrons. The van der Waals surface area contributed by atoms with Crippen molar-refractivity contribution in [2.75, 3.05) is 7.11 Å². The molecular formula is C14H9N7O7S. The van der Waals surface area contributed by atoms with Crippen LogP contribution in [0.2, 0.25) is 0 Å². The molecule has 1 heterocycles. The van der Waals surface area contributed by atoms with Gasteiger partial charge >= 0.3 is 11.4 Å².